The molecule has 1 saturated heterocycles. The number of likely N-dealkylation sites (N-methyl/N-ethyl adjacent to an activating group) is 1. The number of amides is 2. The van der Waals surface area contributed by atoms with Gasteiger partial charge in [-0.25, -0.2) is 4.58 Å². The number of amidine groups is 1. The van der Waals surface area contributed by atoms with Gasteiger partial charge in [0, 0.05) is 30.9 Å². The fraction of sp³-hybridized carbons (Fsp3) is 0.444. The van der Waals surface area contributed by atoms with Crippen molar-refractivity contribution in [3.63, 3.8) is 0 Å². The van der Waals surface area contributed by atoms with E-state index in [9.17, 15) is 22.8 Å². The summed E-state index contributed by atoms with van der Waals surface area (Å²) in [6, 6.07) is 8.97. The average molecular weight is 549 g/mol. The van der Waals surface area contributed by atoms with E-state index in [2.05, 4.69) is 4.98 Å². The summed E-state index contributed by atoms with van der Waals surface area (Å²) in [7, 11) is 0. The number of nitrogens with zero attached hydrogens (tertiary/aromatic N) is 5. The van der Waals surface area contributed by atoms with E-state index in [4.69, 9.17) is 16.6 Å². The number of benzene rings is 1. The molecular formula is C27H30ClF3N5O2+. The quantitative estimate of drug-likeness (QED) is 0.528. The van der Waals surface area contributed by atoms with Crippen LogP contribution in [0.25, 0.3) is 0 Å². The number of hydrogen-bond donors (Lipinski definition) is 0. The smallest absolute Gasteiger partial charge is 0.333 e. The molecule has 38 heavy (non-hydrogen) atoms. The van der Waals surface area contributed by atoms with E-state index < -0.39 is 23.2 Å². The molecule has 1 fully saturated rings. The highest BCUT2D eigenvalue weighted by Crippen LogP contribution is 2.30. The van der Waals surface area contributed by atoms with Gasteiger partial charge < -0.3 is 9.80 Å². The monoisotopic (exact) mass is 548 g/mol. The van der Waals surface area contributed by atoms with E-state index in [1.165, 1.54) is 4.90 Å². The zero-order valence-corrected chi connectivity index (χ0v) is 22.4. The van der Waals surface area contributed by atoms with E-state index in [0.717, 1.165) is 23.9 Å². The lowest BCUT2D eigenvalue weighted by Crippen LogP contribution is -2.64. The molecule has 7 nitrogen and oxygen atoms in total. The van der Waals surface area contributed by atoms with E-state index in [0.29, 0.717) is 17.4 Å². The first kappa shape index (κ1) is 27.8. The van der Waals surface area contributed by atoms with Crippen LogP contribution in [0, 0.1) is 0 Å². The summed E-state index contributed by atoms with van der Waals surface area (Å²) in [4.78, 5) is 38.5. The lowest BCUT2D eigenvalue weighted by Gasteiger charge is -2.46. The summed E-state index contributed by atoms with van der Waals surface area (Å²) in [5.74, 6) is -0.583. The Hall–Kier alpha value is -3.27. The Kier molecular flexibility index (Phi) is 7.65. The molecule has 2 unspecified atom stereocenters. The molecule has 2 aromatic rings. The maximum Gasteiger partial charge on any atom is 0.416 e. The molecule has 11 heteroatoms. The molecule has 202 valence electrons. The molecule has 0 N–H and O–H groups in total. The van der Waals surface area contributed by atoms with Crippen LogP contribution in [0.2, 0.25) is 5.02 Å². The van der Waals surface area contributed by atoms with Gasteiger partial charge >= 0.3 is 17.9 Å². The molecule has 0 bridgehead atoms. The minimum Gasteiger partial charge on any atom is -0.333 e. The van der Waals surface area contributed by atoms with Crippen LogP contribution >= 0.6 is 11.6 Å². The van der Waals surface area contributed by atoms with E-state index in [-0.39, 0.29) is 43.2 Å². The summed E-state index contributed by atoms with van der Waals surface area (Å²) in [6.07, 6.45) is -1.59. The maximum atomic E-state index is 13.8. The number of carbonyl (C=O) groups excluding carboxylic acids is 2. The second kappa shape index (κ2) is 10.5. The van der Waals surface area contributed by atoms with Gasteiger partial charge in [0.25, 0.3) is 5.91 Å². The minimum atomic E-state index is -4.58. The van der Waals surface area contributed by atoms with Crippen molar-refractivity contribution in [2.75, 3.05) is 26.2 Å². The van der Waals surface area contributed by atoms with Gasteiger partial charge in [-0.1, -0.05) is 28.7 Å². The topological polar surface area (TPSA) is 68.9 Å². The molecule has 0 radical (unpaired) electrons. The number of halogens is 4. The number of rotatable bonds is 4. The summed E-state index contributed by atoms with van der Waals surface area (Å²) >= 11 is 6.19. The number of aromatic nitrogens is 1. The van der Waals surface area contributed by atoms with Crippen molar-refractivity contribution in [3.05, 3.63) is 64.4 Å². The van der Waals surface area contributed by atoms with Gasteiger partial charge in [0.15, 0.2) is 6.04 Å². The van der Waals surface area contributed by atoms with Crippen LogP contribution in [-0.4, -0.2) is 81.0 Å². The molecular weight excluding hydrogens is 519 g/mol. The molecule has 1 aromatic carbocycles. The van der Waals surface area contributed by atoms with Crippen molar-refractivity contribution < 1.29 is 27.3 Å². The molecule has 1 aromatic heterocycles. The Morgan fingerprint density at radius 1 is 1.16 bits per heavy atom. The second-order valence-corrected chi connectivity index (χ2v) is 10.6. The van der Waals surface area contributed by atoms with Crippen LogP contribution in [0.4, 0.5) is 13.2 Å². The maximum absolute atomic E-state index is 13.8. The Bertz CT molecular complexity index is 1310. The standard InChI is InChI=1S/C27H30ClF3N5O2/c1-5-34-15-21(18-7-6-8-20(28)13-18)17(2)33-23(34)25(38)36-12-11-35(16-26(36,3)4)24(37)22-14-19(9-10-32-22)27(29,30)31/h6-10,13-15,17,21H,5,11-12,16H2,1-4H3/q+1. The Balaban J connectivity index is 1.52. The number of piperazine rings is 1. The summed E-state index contributed by atoms with van der Waals surface area (Å²) in [5, 5.41) is 0.631. The van der Waals surface area contributed by atoms with Crippen LogP contribution in [0.1, 0.15) is 55.2 Å². The molecule has 0 aliphatic carbocycles. The Morgan fingerprint density at radius 3 is 2.53 bits per heavy atom. The molecule has 2 amide bonds. The van der Waals surface area contributed by atoms with Crippen LogP contribution in [0.3, 0.4) is 0 Å². The van der Waals surface area contributed by atoms with Gasteiger partial charge in [-0.3, -0.25) is 14.6 Å². The fourth-order valence-corrected chi connectivity index (χ4v) is 5.16. The van der Waals surface area contributed by atoms with Gasteiger partial charge in [0.1, 0.15) is 5.69 Å². The van der Waals surface area contributed by atoms with E-state index in [1.54, 1.807) is 4.90 Å². The Labute approximate surface area is 224 Å². The molecule has 2 aliphatic rings. The van der Waals surface area contributed by atoms with Crippen molar-refractivity contribution >= 4 is 35.5 Å². The number of alkyl halides is 3. The van der Waals surface area contributed by atoms with Crippen LogP contribution in [0.5, 0.6) is 0 Å². The number of pyridine rings is 1. The zero-order valence-electron chi connectivity index (χ0n) is 21.7. The van der Waals surface area contributed by atoms with E-state index >= 15 is 0 Å². The SMILES string of the molecule is CC[N+]1=CC(c2cccc(Cl)c2)C(C)N=C1C(=O)N1CCN(C(=O)c2cc(C(F)(F)F)ccn2)CC1(C)C. The molecule has 4 rings (SSSR count). The number of hydrogen-bond acceptors (Lipinski definition) is 4. The summed E-state index contributed by atoms with van der Waals surface area (Å²) < 4.78 is 41.2. The van der Waals surface area contributed by atoms with Gasteiger partial charge in [-0.05, 0) is 57.5 Å². The number of aliphatic imine (C=N–C) groups is 1. The molecule has 2 atom stereocenters. The predicted molar refractivity (Wildman–Crippen MR) is 139 cm³/mol. The third-order valence-corrected chi connectivity index (χ3v) is 7.20. The molecule has 0 spiro atoms. The first-order chi connectivity index (χ1) is 17.8. The Morgan fingerprint density at radius 2 is 1.89 bits per heavy atom. The highest BCUT2D eigenvalue weighted by Gasteiger charge is 2.45. The largest absolute Gasteiger partial charge is 0.416 e. The van der Waals surface area contributed by atoms with Crippen molar-refractivity contribution in [2.45, 2.75) is 51.4 Å². The highest BCUT2D eigenvalue weighted by atomic mass is 35.5. The van der Waals surface area contributed by atoms with Crippen LogP contribution in [-0.2, 0) is 11.0 Å². The van der Waals surface area contributed by atoms with Gasteiger partial charge in [-0.2, -0.15) is 13.2 Å². The van der Waals surface area contributed by atoms with Crippen molar-refractivity contribution in [3.8, 4) is 0 Å². The third-order valence-electron chi connectivity index (χ3n) is 6.96. The normalized spacial score (nSPS) is 21.6. The summed E-state index contributed by atoms with van der Waals surface area (Å²) in [6.45, 7) is 8.58. The van der Waals surface area contributed by atoms with Crippen LogP contribution in [0.15, 0.2) is 47.6 Å². The van der Waals surface area contributed by atoms with Crippen molar-refractivity contribution in [1.29, 1.82) is 0 Å². The third kappa shape index (κ3) is 5.60. The predicted octanol–water partition coefficient (Wildman–Crippen LogP) is 4.50. The van der Waals surface area contributed by atoms with Gasteiger partial charge in [0.2, 0.25) is 0 Å². The average Bonchev–Trinajstić information content (AvgIpc) is 2.86. The molecule has 2 aliphatic heterocycles. The van der Waals surface area contributed by atoms with Crippen molar-refractivity contribution in [1.82, 2.24) is 14.8 Å². The lowest BCUT2D eigenvalue weighted by atomic mass is 9.92. The fourth-order valence-electron chi connectivity index (χ4n) is 4.96. The van der Waals surface area contributed by atoms with Crippen LogP contribution < -0.4 is 0 Å². The number of carbonyl (C=O) groups is 2. The lowest BCUT2D eigenvalue weighted by molar-refractivity contribution is -0.402. The highest BCUT2D eigenvalue weighted by molar-refractivity contribution is 6.35. The van der Waals surface area contributed by atoms with Gasteiger partial charge in [-0.15, -0.1) is 0 Å². The zero-order chi connectivity index (χ0) is 27.8. The van der Waals surface area contributed by atoms with Crippen molar-refractivity contribution in [2.24, 2.45) is 4.99 Å². The summed E-state index contributed by atoms with van der Waals surface area (Å²) in [5.41, 5.74) is -0.990. The first-order valence-corrected chi connectivity index (χ1v) is 12.8. The minimum absolute atomic E-state index is 0.0485. The second-order valence-electron chi connectivity index (χ2n) is 10.1. The molecule has 3 heterocycles. The molecule has 0 saturated carbocycles. The first-order valence-electron chi connectivity index (χ1n) is 12.4. The van der Waals surface area contributed by atoms with E-state index in [1.807, 2.05) is 62.8 Å². The van der Waals surface area contributed by atoms with Gasteiger partial charge in [0.05, 0.1) is 29.8 Å².